The molecule has 1 aromatic carbocycles. The molecule has 0 spiro atoms. The number of carbonyl (C=O) groups is 1. The number of ether oxygens (including phenoxy) is 2. The highest BCUT2D eigenvalue weighted by Gasteiger charge is 2.35. The van der Waals surface area contributed by atoms with Crippen LogP contribution in [0.4, 0.5) is 4.39 Å². The number of nitrogens with zero attached hydrogens (tertiary/aromatic N) is 1. The van der Waals surface area contributed by atoms with E-state index in [1.165, 1.54) is 13.2 Å². The van der Waals surface area contributed by atoms with Crippen molar-refractivity contribution in [3.63, 3.8) is 0 Å². The Hall–Kier alpha value is -1.50. The maximum Gasteiger partial charge on any atom is 0.292 e. The highest BCUT2D eigenvalue weighted by molar-refractivity contribution is 5.36. The van der Waals surface area contributed by atoms with Crippen LogP contribution < -0.4 is 5.73 Å². The van der Waals surface area contributed by atoms with Crippen LogP contribution in [0, 0.1) is 5.82 Å². The zero-order valence-electron chi connectivity index (χ0n) is 18.6. The number of hydrogen-bond acceptors (Lipinski definition) is 5. The zero-order valence-corrected chi connectivity index (χ0v) is 18.6. The quantitative estimate of drug-likeness (QED) is 0.740. The number of carbonyl (C=O) groups excluding carboxylic acids is 1. The number of methoxy groups -OCH3 is 1. The summed E-state index contributed by atoms with van der Waals surface area (Å²) in [5.41, 5.74) is 7.36. The Balaban J connectivity index is 0.000000627. The number of halogens is 1. The highest BCUT2D eigenvalue weighted by Crippen LogP contribution is 2.34. The van der Waals surface area contributed by atoms with Gasteiger partial charge in [-0.1, -0.05) is 26.0 Å². The van der Waals surface area contributed by atoms with E-state index in [1.807, 2.05) is 26.0 Å². The molecular weight excluding hydrogens is 371 g/mol. The fourth-order valence-electron chi connectivity index (χ4n) is 4.15. The fourth-order valence-corrected chi connectivity index (χ4v) is 4.15. The number of likely N-dealkylation sites (tertiary alicyclic amines) is 1. The first-order chi connectivity index (χ1) is 14.0. The van der Waals surface area contributed by atoms with Crippen molar-refractivity contribution in [1.82, 2.24) is 4.90 Å². The van der Waals surface area contributed by atoms with Gasteiger partial charge in [-0.15, -0.1) is 0 Å². The summed E-state index contributed by atoms with van der Waals surface area (Å²) in [6.45, 7) is 7.33. The Labute approximate surface area is 175 Å². The number of benzene rings is 1. The van der Waals surface area contributed by atoms with Crippen LogP contribution >= 0.6 is 0 Å². The van der Waals surface area contributed by atoms with E-state index >= 15 is 0 Å². The van der Waals surface area contributed by atoms with Gasteiger partial charge in [0, 0.05) is 18.1 Å². The van der Waals surface area contributed by atoms with Crippen LogP contribution in [-0.4, -0.2) is 56.4 Å². The van der Waals surface area contributed by atoms with Gasteiger partial charge in [-0.05, 0) is 69.7 Å². The molecule has 0 bridgehead atoms. The number of rotatable bonds is 5. The van der Waals surface area contributed by atoms with Gasteiger partial charge in [-0.3, -0.25) is 9.69 Å². The summed E-state index contributed by atoms with van der Waals surface area (Å²) < 4.78 is 23.4. The molecule has 3 rings (SSSR count). The summed E-state index contributed by atoms with van der Waals surface area (Å²) in [7, 11) is 3.46. The van der Waals surface area contributed by atoms with E-state index < -0.39 is 0 Å². The lowest BCUT2D eigenvalue weighted by Gasteiger charge is -2.31. The van der Waals surface area contributed by atoms with Crippen LogP contribution in [0.3, 0.4) is 0 Å². The molecule has 0 aromatic heterocycles. The predicted octanol–water partition coefficient (Wildman–Crippen LogP) is 4.10. The average Bonchev–Trinajstić information content (AvgIpc) is 2.99. The van der Waals surface area contributed by atoms with E-state index in [0.29, 0.717) is 30.6 Å². The van der Waals surface area contributed by atoms with Gasteiger partial charge in [0.2, 0.25) is 0 Å². The minimum absolute atomic E-state index is 0.131. The molecule has 3 atom stereocenters. The molecule has 1 saturated carbocycles. The van der Waals surface area contributed by atoms with Gasteiger partial charge in [0.1, 0.15) is 5.82 Å². The molecule has 1 heterocycles. The molecule has 0 amide bonds. The molecule has 1 aromatic rings. The second-order valence-electron chi connectivity index (χ2n) is 7.68. The largest absolute Gasteiger partial charge is 0.471 e. The van der Waals surface area contributed by atoms with Gasteiger partial charge >= 0.3 is 0 Å². The third-order valence-electron chi connectivity index (χ3n) is 5.92. The molecule has 1 saturated heterocycles. The maximum atomic E-state index is 13.4. The van der Waals surface area contributed by atoms with Crippen LogP contribution in [0.15, 0.2) is 24.3 Å². The molecule has 1 aliphatic carbocycles. The summed E-state index contributed by atoms with van der Waals surface area (Å²) in [6.07, 6.45) is 5.66. The van der Waals surface area contributed by atoms with E-state index in [4.69, 9.17) is 15.3 Å². The van der Waals surface area contributed by atoms with Crippen LogP contribution in [0.5, 0.6) is 0 Å². The van der Waals surface area contributed by atoms with Crippen LogP contribution in [0.2, 0.25) is 0 Å². The lowest BCUT2D eigenvalue weighted by molar-refractivity contribution is -0.126. The minimum Gasteiger partial charge on any atom is -0.471 e. The second kappa shape index (κ2) is 13.7. The highest BCUT2D eigenvalue weighted by atomic mass is 19.1. The van der Waals surface area contributed by atoms with Gasteiger partial charge in [0.15, 0.2) is 0 Å². The van der Waals surface area contributed by atoms with Gasteiger partial charge in [0.05, 0.1) is 19.8 Å². The molecule has 0 radical (unpaired) electrons. The van der Waals surface area contributed by atoms with Crippen molar-refractivity contribution in [2.75, 3.05) is 20.8 Å². The van der Waals surface area contributed by atoms with Crippen LogP contribution in [-0.2, 0) is 14.3 Å². The van der Waals surface area contributed by atoms with E-state index in [2.05, 4.69) is 23.6 Å². The summed E-state index contributed by atoms with van der Waals surface area (Å²) in [5.74, 6) is 0.343. The minimum atomic E-state index is -0.131. The fraction of sp³-hybridized carbons (Fsp3) is 0.696. The lowest BCUT2D eigenvalue weighted by Crippen LogP contribution is -2.43. The Bertz CT molecular complexity index is 579. The molecule has 5 nitrogen and oxygen atoms in total. The third kappa shape index (κ3) is 8.03. The normalized spacial score (nSPS) is 29.1. The Morgan fingerprint density at radius 3 is 2.34 bits per heavy atom. The molecule has 1 aliphatic heterocycles. The number of hydrogen-bond donors (Lipinski definition) is 1. The molecule has 2 N–H and O–H groups in total. The monoisotopic (exact) mass is 410 g/mol. The van der Waals surface area contributed by atoms with Crippen molar-refractivity contribution in [1.29, 1.82) is 0 Å². The molecule has 6 heteroatoms. The van der Waals surface area contributed by atoms with Crippen molar-refractivity contribution in [3.8, 4) is 0 Å². The first-order valence-corrected chi connectivity index (χ1v) is 10.8. The first-order valence-electron chi connectivity index (χ1n) is 10.8. The van der Waals surface area contributed by atoms with E-state index in [-0.39, 0.29) is 11.9 Å². The predicted molar refractivity (Wildman–Crippen MR) is 115 cm³/mol. The molecule has 29 heavy (non-hydrogen) atoms. The van der Waals surface area contributed by atoms with Gasteiger partial charge in [-0.25, -0.2) is 4.39 Å². The van der Waals surface area contributed by atoms with Crippen molar-refractivity contribution in [2.45, 2.75) is 83.0 Å². The van der Waals surface area contributed by atoms with E-state index in [1.54, 1.807) is 6.07 Å². The number of nitrogens with two attached hydrogens (primary N) is 1. The topological polar surface area (TPSA) is 64.8 Å². The third-order valence-corrected chi connectivity index (χ3v) is 5.92. The van der Waals surface area contributed by atoms with Crippen molar-refractivity contribution in [3.05, 3.63) is 35.6 Å². The molecule has 166 valence electrons. The van der Waals surface area contributed by atoms with Crippen LogP contribution in [0.25, 0.3) is 0 Å². The second-order valence-corrected chi connectivity index (χ2v) is 7.68. The van der Waals surface area contributed by atoms with Gasteiger partial charge in [0.25, 0.3) is 6.47 Å². The Kier molecular flexibility index (Phi) is 12.0. The van der Waals surface area contributed by atoms with Crippen LogP contribution in [0.1, 0.15) is 64.4 Å². The Morgan fingerprint density at radius 2 is 1.86 bits per heavy atom. The molecule has 3 unspecified atom stereocenters. The van der Waals surface area contributed by atoms with Crippen molar-refractivity contribution < 1.29 is 18.7 Å². The maximum absolute atomic E-state index is 13.4. The summed E-state index contributed by atoms with van der Waals surface area (Å²) in [5, 5.41) is 0. The standard InChI is InChI=1S/C19H29FN2O.C2H4O2.C2H6/c1-13-10-18(21)19(22(13)2)12-23-17-8-6-14(7-9-17)15-4-3-5-16(20)11-15;1-4-2-3;1-2/h3-5,11,13-14,17-19H,6-10,12,21H2,1-2H3;2H,1H3;1-2H3. The SMILES string of the molecule is CC.CC1CC(N)C(COC2CCC(c3cccc(F)c3)CC2)N1C.COC=O. The van der Waals surface area contributed by atoms with E-state index in [9.17, 15) is 4.39 Å². The zero-order chi connectivity index (χ0) is 21.8. The molecular formula is C23H39FN2O3. The molecule has 2 aliphatic rings. The van der Waals surface area contributed by atoms with Crippen molar-refractivity contribution >= 4 is 6.47 Å². The van der Waals surface area contributed by atoms with E-state index in [0.717, 1.165) is 44.3 Å². The smallest absolute Gasteiger partial charge is 0.292 e. The van der Waals surface area contributed by atoms with Gasteiger partial charge < -0.3 is 15.2 Å². The lowest BCUT2D eigenvalue weighted by atomic mass is 9.82. The summed E-state index contributed by atoms with van der Waals surface area (Å²) in [6, 6.07) is 8.15. The average molecular weight is 411 g/mol. The first kappa shape index (κ1) is 25.5. The summed E-state index contributed by atoms with van der Waals surface area (Å²) >= 11 is 0. The Morgan fingerprint density at radius 1 is 1.24 bits per heavy atom. The molecule has 2 fully saturated rings. The summed E-state index contributed by atoms with van der Waals surface area (Å²) in [4.78, 5) is 11.3. The number of likely N-dealkylation sites (N-methyl/N-ethyl adjacent to an activating group) is 1. The van der Waals surface area contributed by atoms with Gasteiger partial charge in [-0.2, -0.15) is 0 Å². The van der Waals surface area contributed by atoms with Crippen molar-refractivity contribution in [2.24, 2.45) is 5.73 Å².